The van der Waals surface area contributed by atoms with Crippen LogP contribution >= 0.6 is 0 Å². The minimum Gasteiger partial charge on any atom is -0.497 e. The van der Waals surface area contributed by atoms with Crippen LogP contribution in [0, 0.1) is 5.82 Å². The summed E-state index contributed by atoms with van der Waals surface area (Å²) in [5.74, 6) is 2.32. The third-order valence-corrected chi connectivity index (χ3v) is 4.25. The number of aromatic nitrogens is 1. The summed E-state index contributed by atoms with van der Waals surface area (Å²) in [5, 5.41) is 6.30. The van der Waals surface area contributed by atoms with E-state index in [1.165, 1.54) is 6.07 Å². The van der Waals surface area contributed by atoms with Gasteiger partial charge in [0.25, 0.3) is 0 Å². The van der Waals surface area contributed by atoms with E-state index in [1.54, 1.807) is 31.5 Å². The molecular weight excluding hydrogens is 383 g/mol. The molecule has 0 spiro atoms. The molecule has 2 aromatic carbocycles. The zero-order valence-electron chi connectivity index (χ0n) is 17.1. The first-order valence-corrected chi connectivity index (χ1v) is 9.70. The molecule has 1 aromatic heterocycles. The van der Waals surface area contributed by atoms with Crippen molar-refractivity contribution >= 4 is 5.96 Å². The molecule has 0 unspecified atom stereocenters. The van der Waals surface area contributed by atoms with Crippen molar-refractivity contribution in [3.63, 3.8) is 0 Å². The molecule has 0 aliphatic carbocycles. The van der Waals surface area contributed by atoms with Gasteiger partial charge in [0.15, 0.2) is 5.96 Å². The first kappa shape index (κ1) is 21.1. The molecule has 6 nitrogen and oxygen atoms in total. The van der Waals surface area contributed by atoms with Gasteiger partial charge < -0.3 is 20.1 Å². The molecule has 0 radical (unpaired) electrons. The fourth-order valence-corrected chi connectivity index (χ4v) is 2.66. The van der Waals surface area contributed by atoms with Crippen LogP contribution < -0.4 is 20.1 Å². The van der Waals surface area contributed by atoms with E-state index in [4.69, 9.17) is 9.47 Å². The van der Waals surface area contributed by atoms with Gasteiger partial charge in [0.05, 0.1) is 13.7 Å². The van der Waals surface area contributed by atoms with Crippen molar-refractivity contribution in [1.29, 1.82) is 0 Å². The molecule has 2 N–H and O–H groups in total. The number of methoxy groups -OCH3 is 1. The van der Waals surface area contributed by atoms with Crippen molar-refractivity contribution in [3.05, 3.63) is 83.8 Å². The van der Waals surface area contributed by atoms with E-state index in [-0.39, 0.29) is 5.82 Å². The second-order valence-corrected chi connectivity index (χ2v) is 6.42. The summed E-state index contributed by atoms with van der Waals surface area (Å²) in [7, 11) is 1.62. The summed E-state index contributed by atoms with van der Waals surface area (Å²) in [6, 6.07) is 17.7. The van der Waals surface area contributed by atoms with E-state index in [0.717, 1.165) is 11.3 Å². The van der Waals surface area contributed by atoms with Crippen molar-refractivity contribution in [2.75, 3.05) is 13.7 Å². The number of pyridine rings is 1. The van der Waals surface area contributed by atoms with Gasteiger partial charge in [0.2, 0.25) is 5.88 Å². The highest BCUT2D eigenvalue weighted by atomic mass is 19.1. The molecule has 1 heterocycles. The van der Waals surface area contributed by atoms with Crippen LogP contribution in [-0.2, 0) is 13.1 Å². The van der Waals surface area contributed by atoms with Crippen molar-refractivity contribution in [1.82, 2.24) is 15.6 Å². The number of ether oxygens (including phenoxy) is 2. The van der Waals surface area contributed by atoms with E-state index < -0.39 is 0 Å². The number of hydrogen-bond acceptors (Lipinski definition) is 4. The molecule has 7 heteroatoms. The number of hydrogen-bond donors (Lipinski definition) is 2. The molecule has 0 aliphatic heterocycles. The Balaban J connectivity index is 1.57. The second-order valence-electron chi connectivity index (χ2n) is 6.42. The molecule has 0 atom stereocenters. The maximum atomic E-state index is 13.8. The molecule has 0 saturated heterocycles. The summed E-state index contributed by atoms with van der Waals surface area (Å²) in [5.41, 5.74) is 1.52. The average Bonchev–Trinajstić information content (AvgIpc) is 2.78. The third-order valence-electron chi connectivity index (χ3n) is 4.25. The second kappa shape index (κ2) is 10.8. The molecule has 3 rings (SSSR count). The first-order valence-electron chi connectivity index (χ1n) is 9.70. The van der Waals surface area contributed by atoms with E-state index >= 15 is 0 Å². The lowest BCUT2D eigenvalue weighted by Gasteiger charge is -2.12. The largest absolute Gasteiger partial charge is 0.497 e. The predicted octanol–water partition coefficient (Wildman–Crippen LogP) is 4.28. The minimum atomic E-state index is -0.238. The number of aliphatic imine (C=N–C) groups is 1. The van der Waals surface area contributed by atoms with Crippen LogP contribution in [0.2, 0.25) is 0 Å². The SMILES string of the molecule is CCNC(=NCc1ccc(Oc2ccc(OC)cc2)nc1)NCc1ccccc1F. The van der Waals surface area contributed by atoms with Crippen LogP contribution in [0.1, 0.15) is 18.1 Å². The average molecular weight is 408 g/mol. The van der Waals surface area contributed by atoms with Crippen molar-refractivity contribution in [2.24, 2.45) is 4.99 Å². The Labute approximate surface area is 175 Å². The van der Waals surface area contributed by atoms with E-state index in [2.05, 4.69) is 20.6 Å². The summed E-state index contributed by atoms with van der Waals surface area (Å²) in [6.07, 6.45) is 1.72. The van der Waals surface area contributed by atoms with Gasteiger partial charge in [-0.2, -0.15) is 0 Å². The summed E-state index contributed by atoms with van der Waals surface area (Å²) in [4.78, 5) is 8.87. The highest BCUT2D eigenvalue weighted by molar-refractivity contribution is 5.79. The van der Waals surface area contributed by atoms with Gasteiger partial charge in [0, 0.05) is 30.9 Å². The van der Waals surface area contributed by atoms with Gasteiger partial charge in [0.1, 0.15) is 17.3 Å². The van der Waals surface area contributed by atoms with Gasteiger partial charge in [-0.25, -0.2) is 14.4 Å². The van der Waals surface area contributed by atoms with E-state index in [1.807, 2.05) is 43.3 Å². The fourth-order valence-electron chi connectivity index (χ4n) is 2.66. The highest BCUT2D eigenvalue weighted by Crippen LogP contribution is 2.22. The maximum absolute atomic E-state index is 13.8. The van der Waals surface area contributed by atoms with Crippen LogP contribution in [0.25, 0.3) is 0 Å². The Morgan fingerprint density at radius 3 is 2.43 bits per heavy atom. The standard InChI is InChI=1S/C23H25FN4O2/c1-3-25-23(28-16-18-6-4-5-7-21(18)24)27-15-17-8-13-22(26-14-17)30-20-11-9-19(29-2)10-12-20/h4-14H,3,15-16H2,1-2H3,(H2,25,27,28). The van der Waals surface area contributed by atoms with Crippen LogP contribution in [0.4, 0.5) is 4.39 Å². The summed E-state index contributed by atoms with van der Waals surface area (Å²) >= 11 is 0. The zero-order valence-corrected chi connectivity index (χ0v) is 17.1. The smallest absolute Gasteiger partial charge is 0.219 e. The van der Waals surface area contributed by atoms with Crippen LogP contribution in [0.5, 0.6) is 17.4 Å². The molecular formula is C23H25FN4O2. The number of rotatable bonds is 8. The lowest BCUT2D eigenvalue weighted by atomic mass is 10.2. The Kier molecular flexibility index (Phi) is 7.60. The normalized spacial score (nSPS) is 11.1. The molecule has 0 fully saturated rings. The fraction of sp³-hybridized carbons (Fsp3) is 0.217. The molecule has 30 heavy (non-hydrogen) atoms. The predicted molar refractivity (Wildman–Crippen MR) is 115 cm³/mol. The summed E-state index contributed by atoms with van der Waals surface area (Å²) in [6.45, 7) is 3.47. The molecule has 3 aromatic rings. The Bertz CT molecular complexity index is 960. The molecule has 0 aliphatic rings. The first-order chi connectivity index (χ1) is 14.7. The monoisotopic (exact) mass is 408 g/mol. The van der Waals surface area contributed by atoms with Gasteiger partial charge in [-0.15, -0.1) is 0 Å². The van der Waals surface area contributed by atoms with E-state index in [0.29, 0.717) is 42.8 Å². The van der Waals surface area contributed by atoms with Crippen molar-refractivity contribution in [2.45, 2.75) is 20.0 Å². The Morgan fingerprint density at radius 2 is 1.77 bits per heavy atom. The van der Waals surface area contributed by atoms with Crippen molar-refractivity contribution in [3.8, 4) is 17.4 Å². The lowest BCUT2D eigenvalue weighted by molar-refractivity contribution is 0.412. The molecule has 0 bridgehead atoms. The minimum absolute atomic E-state index is 0.238. The lowest BCUT2D eigenvalue weighted by Crippen LogP contribution is -2.37. The van der Waals surface area contributed by atoms with Gasteiger partial charge in [-0.1, -0.05) is 24.3 Å². The number of guanidine groups is 1. The number of halogens is 1. The maximum Gasteiger partial charge on any atom is 0.219 e. The van der Waals surface area contributed by atoms with E-state index in [9.17, 15) is 4.39 Å². The third kappa shape index (κ3) is 6.20. The van der Waals surface area contributed by atoms with Gasteiger partial charge in [-0.3, -0.25) is 0 Å². The quantitative estimate of drug-likeness (QED) is 0.430. The number of benzene rings is 2. The molecule has 0 amide bonds. The van der Waals surface area contributed by atoms with Crippen LogP contribution in [0.15, 0.2) is 71.9 Å². The number of nitrogens with zero attached hydrogens (tertiary/aromatic N) is 2. The zero-order chi connectivity index (χ0) is 21.2. The van der Waals surface area contributed by atoms with Gasteiger partial charge >= 0.3 is 0 Å². The topological polar surface area (TPSA) is 67.8 Å². The molecule has 156 valence electrons. The molecule has 0 saturated carbocycles. The van der Waals surface area contributed by atoms with Crippen molar-refractivity contribution < 1.29 is 13.9 Å². The number of nitrogens with one attached hydrogen (secondary N) is 2. The Morgan fingerprint density at radius 1 is 1.00 bits per heavy atom. The highest BCUT2D eigenvalue weighted by Gasteiger charge is 2.04. The van der Waals surface area contributed by atoms with Crippen LogP contribution in [0.3, 0.4) is 0 Å². The van der Waals surface area contributed by atoms with Crippen LogP contribution in [-0.4, -0.2) is 24.6 Å². The summed E-state index contributed by atoms with van der Waals surface area (Å²) < 4.78 is 24.6. The Hall–Kier alpha value is -3.61. The van der Waals surface area contributed by atoms with Gasteiger partial charge in [-0.05, 0) is 42.8 Å².